The molecule has 1 unspecified atom stereocenters. The van der Waals surface area contributed by atoms with Gasteiger partial charge >= 0.3 is 0 Å². The maximum atomic E-state index is 10.0. The number of benzene rings is 1. The van der Waals surface area contributed by atoms with E-state index < -0.39 is 0 Å². The molecule has 1 aliphatic rings. The Morgan fingerprint density at radius 3 is 2.44 bits per heavy atom. The molecule has 1 atom stereocenters. The maximum Gasteiger partial charge on any atom is 0.0719 e. The molecule has 18 heavy (non-hydrogen) atoms. The van der Waals surface area contributed by atoms with Crippen LogP contribution in [0.5, 0.6) is 0 Å². The third kappa shape index (κ3) is 3.78. The van der Waals surface area contributed by atoms with Crippen LogP contribution in [0, 0.1) is 5.92 Å². The minimum Gasteiger partial charge on any atom is -0.391 e. The number of rotatable bonds is 5. The van der Waals surface area contributed by atoms with Crippen molar-refractivity contribution in [3.05, 3.63) is 28.2 Å². The van der Waals surface area contributed by atoms with Crippen molar-refractivity contribution in [2.75, 3.05) is 11.9 Å². The number of aliphatic hydroxyl groups excluding tert-OH is 1. The van der Waals surface area contributed by atoms with Gasteiger partial charge in [-0.3, -0.25) is 0 Å². The van der Waals surface area contributed by atoms with E-state index in [9.17, 15) is 5.11 Å². The molecule has 1 fully saturated rings. The van der Waals surface area contributed by atoms with Crippen LogP contribution < -0.4 is 5.32 Å². The summed E-state index contributed by atoms with van der Waals surface area (Å²) in [6.07, 6.45) is 5.66. The lowest BCUT2D eigenvalue weighted by atomic mass is 10.00. The average Bonchev–Trinajstić information content (AvgIpc) is 2.81. The summed E-state index contributed by atoms with van der Waals surface area (Å²) < 4.78 is 0. The minimum atomic E-state index is -0.333. The first-order chi connectivity index (χ1) is 8.66. The molecule has 0 spiro atoms. The fraction of sp³-hybridized carbons (Fsp3) is 0.571. The molecule has 2 N–H and O–H groups in total. The molecule has 0 saturated heterocycles. The first kappa shape index (κ1) is 14.0. The van der Waals surface area contributed by atoms with Gasteiger partial charge in [-0.25, -0.2) is 0 Å². The van der Waals surface area contributed by atoms with E-state index in [0.717, 1.165) is 6.42 Å². The Morgan fingerprint density at radius 1 is 1.22 bits per heavy atom. The molecule has 2 nitrogen and oxygen atoms in total. The lowest BCUT2D eigenvalue weighted by Gasteiger charge is -2.17. The average molecular weight is 288 g/mol. The van der Waals surface area contributed by atoms with Crippen LogP contribution >= 0.6 is 23.2 Å². The second kappa shape index (κ2) is 6.65. The zero-order valence-electron chi connectivity index (χ0n) is 10.3. The summed E-state index contributed by atoms with van der Waals surface area (Å²) >= 11 is 12.1. The van der Waals surface area contributed by atoms with Gasteiger partial charge in [-0.2, -0.15) is 0 Å². The van der Waals surface area contributed by atoms with Gasteiger partial charge in [-0.05, 0) is 24.5 Å². The van der Waals surface area contributed by atoms with E-state index in [1.54, 1.807) is 12.1 Å². The normalized spacial score (nSPS) is 17.9. The first-order valence-corrected chi connectivity index (χ1v) is 7.28. The van der Waals surface area contributed by atoms with E-state index in [2.05, 4.69) is 5.32 Å². The zero-order valence-corrected chi connectivity index (χ0v) is 11.8. The van der Waals surface area contributed by atoms with Gasteiger partial charge in [0.25, 0.3) is 0 Å². The van der Waals surface area contributed by atoms with Gasteiger partial charge in [0, 0.05) is 6.54 Å². The zero-order chi connectivity index (χ0) is 13.0. The quantitative estimate of drug-likeness (QED) is 0.844. The highest BCUT2D eigenvalue weighted by Crippen LogP contribution is 2.31. The van der Waals surface area contributed by atoms with Crippen LogP contribution in [0.4, 0.5) is 5.69 Å². The second-order valence-corrected chi connectivity index (χ2v) is 5.83. The van der Waals surface area contributed by atoms with Gasteiger partial charge in [-0.15, -0.1) is 0 Å². The molecule has 0 radical (unpaired) electrons. The first-order valence-electron chi connectivity index (χ1n) is 6.52. The molecule has 0 amide bonds. The van der Waals surface area contributed by atoms with Crippen LogP contribution in [0.25, 0.3) is 0 Å². The Balaban J connectivity index is 1.83. The summed E-state index contributed by atoms with van der Waals surface area (Å²) in [5.74, 6) is 0.684. The Hall–Kier alpha value is -0.440. The molecule has 1 aliphatic carbocycles. The van der Waals surface area contributed by atoms with Crippen LogP contribution in [0.15, 0.2) is 18.2 Å². The molecule has 1 aromatic carbocycles. The minimum absolute atomic E-state index is 0.333. The summed E-state index contributed by atoms with van der Waals surface area (Å²) in [5.41, 5.74) is 0.714. The molecule has 0 bridgehead atoms. The number of hydrogen-bond donors (Lipinski definition) is 2. The van der Waals surface area contributed by atoms with E-state index >= 15 is 0 Å². The van der Waals surface area contributed by atoms with Gasteiger partial charge in [0.15, 0.2) is 0 Å². The molecular formula is C14H19Cl2NO. The lowest BCUT2D eigenvalue weighted by molar-refractivity contribution is 0.155. The largest absolute Gasteiger partial charge is 0.391 e. The Morgan fingerprint density at radius 2 is 1.83 bits per heavy atom. The molecule has 4 heteroatoms. The third-order valence-electron chi connectivity index (χ3n) is 3.56. The number of aliphatic hydroxyl groups is 1. The molecule has 0 aromatic heterocycles. The number of hydrogen-bond acceptors (Lipinski definition) is 2. The number of halogens is 2. The number of nitrogens with one attached hydrogen (secondary N) is 1. The Bertz CT molecular complexity index is 371. The fourth-order valence-electron chi connectivity index (χ4n) is 2.60. The van der Waals surface area contributed by atoms with Gasteiger partial charge in [0.2, 0.25) is 0 Å². The van der Waals surface area contributed by atoms with E-state index in [1.165, 1.54) is 25.7 Å². The molecule has 2 rings (SSSR count). The third-order valence-corrected chi connectivity index (χ3v) is 4.19. The highest BCUT2D eigenvalue weighted by molar-refractivity contribution is 6.39. The summed E-state index contributed by atoms with van der Waals surface area (Å²) in [6.45, 7) is 0.500. The van der Waals surface area contributed by atoms with Crippen molar-refractivity contribution < 1.29 is 5.11 Å². The van der Waals surface area contributed by atoms with Crippen LogP contribution in [-0.4, -0.2) is 17.8 Å². The van der Waals surface area contributed by atoms with Crippen LogP contribution in [0.3, 0.4) is 0 Å². The standard InChI is InChI=1S/C14H19Cl2NO/c15-12-6-3-7-13(16)14(12)17-9-11(18)8-10-4-1-2-5-10/h3,6-7,10-11,17-18H,1-2,4-5,8-9H2. The van der Waals surface area contributed by atoms with Crippen molar-refractivity contribution in [2.45, 2.75) is 38.2 Å². The highest BCUT2D eigenvalue weighted by Gasteiger charge is 2.19. The Labute approximate surface area is 118 Å². The monoisotopic (exact) mass is 287 g/mol. The van der Waals surface area contributed by atoms with Gasteiger partial charge in [0.1, 0.15) is 0 Å². The van der Waals surface area contributed by atoms with Crippen LogP contribution in [-0.2, 0) is 0 Å². The maximum absolute atomic E-state index is 10.0. The van der Waals surface area contributed by atoms with Crippen molar-refractivity contribution in [3.63, 3.8) is 0 Å². The Kier molecular flexibility index (Phi) is 5.16. The predicted molar refractivity (Wildman–Crippen MR) is 77.5 cm³/mol. The summed E-state index contributed by atoms with van der Waals surface area (Å²) in [7, 11) is 0. The summed E-state index contributed by atoms with van der Waals surface area (Å²) in [5, 5.41) is 14.3. The highest BCUT2D eigenvalue weighted by atomic mass is 35.5. The van der Waals surface area contributed by atoms with Crippen molar-refractivity contribution in [3.8, 4) is 0 Å². The second-order valence-electron chi connectivity index (χ2n) is 5.02. The fourth-order valence-corrected chi connectivity index (χ4v) is 3.13. The topological polar surface area (TPSA) is 32.3 Å². The SMILES string of the molecule is OC(CNc1c(Cl)cccc1Cl)CC1CCCC1. The van der Waals surface area contributed by atoms with Crippen molar-refractivity contribution in [1.29, 1.82) is 0 Å². The molecule has 1 saturated carbocycles. The molecule has 1 aromatic rings. The predicted octanol–water partition coefficient (Wildman–Crippen LogP) is 4.35. The van der Waals surface area contributed by atoms with Gasteiger partial charge in [0.05, 0.1) is 21.8 Å². The van der Waals surface area contributed by atoms with Gasteiger partial charge in [-0.1, -0.05) is 55.0 Å². The summed E-state index contributed by atoms with van der Waals surface area (Å²) in [4.78, 5) is 0. The molecule has 0 aliphatic heterocycles. The molecule has 100 valence electrons. The number of para-hydroxylation sites is 1. The lowest BCUT2D eigenvalue weighted by Crippen LogP contribution is -2.22. The number of anilines is 1. The van der Waals surface area contributed by atoms with E-state index in [4.69, 9.17) is 23.2 Å². The van der Waals surface area contributed by atoms with Crippen molar-refractivity contribution in [2.24, 2.45) is 5.92 Å². The molecule has 0 heterocycles. The summed E-state index contributed by atoms with van der Waals surface area (Å²) in [6, 6.07) is 5.39. The van der Waals surface area contributed by atoms with Crippen LogP contribution in [0.1, 0.15) is 32.1 Å². The van der Waals surface area contributed by atoms with Crippen LogP contribution in [0.2, 0.25) is 10.0 Å². The van der Waals surface area contributed by atoms with Gasteiger partial charge < -0.3 is 10.4 Å². The van der Waals surface area contributed by atoms with E-state index in [0.29, 0.717) is 28.2 Å². The van der Waals surface area contributed by atoms with E-state index in [-0.39, 0.29) is 6.10 Å². The van der Waals surface area contributed by atoms with E-state index in [1.807, 2.05) is 6.07 Å². The smallest absolute Gasteiger partial charge is 0.0719 e. The van der Waals surface area contributed by atoms with Crippen molar-refractivity contribution in [1.82, 2.24) is 0 Å². The van der Waals surface area contributed by atoms with Crippen molar-refractivity contribution >= 4 is 28.9 Å². The molecular weight excluding hydrogens is 269 g/mol.